The topological polar surface area (TPSA) is 117 Å². The predicted octanol–water partition coefficient (Wildman–Crippen LogP) is 2.45. The number of rotatable bonds is 6. The molecular formula is C18H22N2O6S. The largest absolute Gasteiger partial charge is 0.481 e. The summed E-state index contributed by atoms with van der Waals surface area (Å²) in [7, 11) is -1.05. The van der Waals surface area contributed by atoms with Crippen LogP contribution in [-0.2, 0) is 20.2 Å². The molecule has 2 N–H and O–H groups in total. The van der Waals surface area contributed by atoms with Gasteiger partial charge in [-0.15, -0.1) is 0 Å². The van der Waals surface area contributed by atoms with E-state index < -0.39 is 27.3 Å². The highest BCUT2D eigenvalue weighted by atomic mass is 32.2. The summed E-state index contributed by atoms with van der Waals surface area (Å²) in [4.78, 5) is 23.8. The molecule has 2 rings (SSSR count). The number of carbonyl (C=O) groups is 2. The van der Waals surface area contributed by atoms with Crippen LogP contribution < -0.4 is 5.32 Å². The van der Waals surface area contributed by atoms with E-state index in [4.69, 9.17) is 4.42 Å². The zero-order valence-electron chi connectivity index (χ0n) is 15.7. The lowest BCUT2D eigenvalue weighted by Gasteiger charge is -2.19. The number of aliphatic carboxylic acids is 1. The maximum absolute atomic E-state index is 12.5. The number of hydrogen-bond acceptors (Lipinski definition) is 5. The normalized spacial score (nSPS) is 12.2. The molecule has 0 aliphatic heterocycles. The van der Waals surface area contributed by atoms with Crippen LogP contribution in [0.4, 0.5) is 5.69 Å². The number of carboxylic acid groups (broad SMARTS) is 1. The fourth-order valence-electron chi connectivity index (χ4n) is 2.28. The van der Waals surface area contributed by atoms with Gasteiger partial charge < -0.3 is 14.8 Å². The van der Waals surface area contributed by atoms with E-state index in [0.717, 1.165) is 4.31 Å². The van der Waals surface area contributed by atoms with Gasteiger partial charge in [0.25, 0.3) is 15.9 Å². The van der Waals surface area contributed by atoms with Crippen molar-refractivity contribution in [2.75, 3.05) is 19.4 Å². The van der Waals surface area contributed by atoms with Crippen LogP contribution in [0.25, 0.3) is 0 Å². The first-order valence-corrected chi connectivity index (χ1v) is 9.49. The number of hydrogen-bond donors (Lipinski definition) is 2. The standard InChI is InChI=1S/C18H22N2O6S/c1-11-14(10-15(26-11)27(24,25)20(4)5)16(21)19-13-8-6-12(7-9-13)18(2,3)17(22)23/h6-10H,1-5H3,(H,19,21)(H,22,23). The molecule has 0 saturated heterocycles. The maximum atomic E-state index is 12.5. The molecule has 0 unspecified atom stereocenters. The van der Waals surface area contributed by atoms with Crippen LogP contribution in [-0.4, -0.2) is 43.8 Å². The van der Waals surface area contributed by atoms with Crippen LogP contribution >= 0.6 is 0 Å². The van der Waals surface area contributed by atoms with Crippen molar-refractivity contribution in [3.63, 3.8) is 0 Å². The fourth-order valence-corrected chi connectivity index (χ4v) is 3.14. The highest BCUT2D eigenvalue weighted by molar-refractivity contribution is 7.88. The minimum absolute atomic E-state index is 0.102. The third-order valence-corrected chi connectivity index (χ3v) is 5.94. The van der Waals surface area contributed by atoms with Gasteiger partial charge in [-0.05, 0) is 38.5 Å². The highest BCUT2D eigenvalue weighted by Crippen LogP contribution is 2.26. The Labute approximate surface area is 157 Å². The molecule has 9 heteroatoms. The summed E-state index contributed by atoms with van der Waals surface area (Å²) in [6.07, 6.45) is 0. The van der Waals surface area contributed by atoms with E-state index in [1.54, 1.807) is 38.1 Å². The first-order valence-electron chi connectivity index (χ1n) is 8.05. The number of nitrogens with one attached hydrogen (secondary N) is 1. The van der Waals surface area contributed by atoms with Crippen molar-refractivity contribution in [3.05, 3.63) is 47.2 Å². The molecule has 0 fully saturated rings. The molecule has 27 heavy (non-hydrogen) atoms. The smallest absolute Gasteiger partial charge is 0.313 e. The molecule has 1 aromatic carbocycles. The van der Waals surface area contributed by atoms with Crippen LogP contribution in [0, 0.1) is 6.92 Å². The summed E-state index contributed by atoms with van der Waals surface area (Å²) >= 11 is 0. The Kier molecular flexibility index (Phi) is 5.48. The summed E-state index contributed by atoms with van der Waals surface area (Å²) in [6.45, 7) is 4.68. The van der Waals surface area contributed by atoms with E-state index >= 15 is 0 Å². The Morgan fingerprint density at radius 1 is 1.15 bits per heavy atom. The molecule has 8 nitrogen and oxygen atoms in total. The zero-order chi connectivity index (χ0) is 20.6. The molecule has 146 valence electrons. The molecule has 1 amide bonds. The quantitative estimate of drug-likeness (QED) is 0.777. The molecule has 0 radical (unpaired) electrons. The van der Waals surface area contributed by atoms with Gasteiger partial charge in [0.15, 0.2) is 0 Å². The van der Waals surface area contributed by atoms with Crippen molar-refractivity contribution < 1.29 is 27.5 Å². The zero-order valence-corrected chi connectivity index (χ0v) is 16.5. The molecule has 0 aliphatic rings. The van der Waals surface area contributed by atoms with Crippen LogP contribution in [0.2, 0.25) is 0 Å². The Hall–Kier alpha value is -2.65. The molecule has 0 aliphatic carbocycles. The van der Waals surface area contributed by atoms with E-state index in [-0.39, 0.29) is 16.4 Å². The first kappa shape index (κ1) is 20.7. The Morgan fingerprint density at radius 2 is 1.70 bits per heavy atom. The molecule has 1 aromatic heterocycles. The lowest BCUT2D eigenvalue weighted by molar-refractivity contribution is -0.142. The number of carbonyl (C=O) groups excluding carboxylic acids is 1. The van der Waals surface area contributed by atoms with Gasteiger partial charge in [-0.1, -0.05) is 12.1 Å². The number of carboxylic acids is 1. The number of nitrogens with zero attached hydrogens (tertiary/aromatic N) is 1. The SMILES string of the molecule is Cc1oc(S(=O)(=O)N(C)C)cc1C(=O)Nc1ccc(C(C)(C)C(=O)O)cc1. The van der Waals surface area contributed by atoms with Crippen molar-refractivity contribution in [1.29, 1.82) is 0 Å². The van der Waals surface area contributed by atoms with Gasteiger partial charge in [-0.2, -0.15) is 0 Å². The Bertz CT molecular complexity index is 972. The number of benzene rings is 1. The monoisotopic (exact) mass is 394 g/mol. The lowest BCUT2D eigenvalue weighted by Crippen LogP contribution is -2.28. The van der Waals surface area contributed by atoms with Gasteiger partial charge in [-0.25, -0.2) is 12.7 Å². The Balaban J connectivity index is 2.24. The van der Waals surface area contributed by atoms with Gasteiger partial charge in [0.1, 0.15) is 5.76 Å². The van der Waals surface area contributed by atoms with Crippen molar-refractivity contribution >= 4 is 27.6 Å². The van der Waals surface area contributed by atoms with E-state index in [1.807, 2.05) is 0 Å². The molecule has 2 aromatic rings. The second-order valence-electron chi connectivity index (χ2n) is 6.78. The van der Waals surface area contributed by atoms with E-state index in [1.165, 1.54) is 27.1 Å². The van der Waals surface area contributed by atoms with Gasteiger partial charge >= 0.3 is 5.97 Å². The number of anilines is 1. The lowest BCUT2D eigenvalue weighted by atomic mass is 9.85. The molecule has 0 atom stereocenters. The summed E-state index contributed by atoms with van der Waals surface area (Å²) in [5.74, 6) is -1.30. The maximum Gasteiger partial charge on any atom is 0.313 e. The number of aryl methyl sites for hydroxylation is 1. The highest BCUT2D eigenvalue weighted by Gasteiger charge is 2.29. The van der Waals surface area contributed by atoms with E-state index in [2.05, 4.69) is 5.32 Å². The molecule has 0 bridgehead atoms. The van der Waals surface area contributed by atoms with Gasteiger partial charge in [0, 0.05) is 25.8 Å². The van der Waals surface area contributed by atoms with Gasteiger partial charge in [0.05, 0.1) is 11.0 Å². The van der Waals surface area contributed by atoms with Crippen molar-refractivity contribution in [2.24, 2.45) is 0 Å². The summed E-state index contributed by atoms with van der Waals surface area (Å²) < 4.78 is 30.5. The molecular weight excluding hydrogens is 372 g/mol. The van der Waals surface area contributed by atoms with Crippen LogP contribution in [0.15, 0.2) is 39.8 Å². The second-order valence-corrected chi connectivity index (χ2v) is 8.87. The molecule has 0 spiro atoms. The third-order valence-electron chi connectivity index (χ3n) is 4.27. The number of furan rings is 1. The van der Waals surface area contributed by atoms with Crippen molar-refractivity contribution in [1.82, 2.24) is 4.31 Å². The summed E-state index contributed by atoms with van der Waals surface area (Å²) in [6, 6.07) is 7.60. The molecule has 0 saturated carbocycles. The van der Waals surface area contributed by atoms with E-state index in [9.17, 15) is 23.1 Å². The number of amides is 1. The van der Waals surface area contributed by atoms with Crippen molar-refractivity contribution in [3.8, 4) is 0 Å². The fraction of sp³-hybridized carbons (Fsp3) is 0.333. The first-order chi connectivity index (χ1) is 12.4. The predicted molar refractivity (Wildman–Crippen MR) is 99.4 cm³/mol. The van der Waals surface area contributed by atoms with E-state index in [0.29, 0.717) is 11.3 Å². The Morgan fingerprint density at radius 3 is 2.19 bits per heavy atom. The minimum Gasteiger partial charge on any atom is -0.481 e. The van der Waals surface area contributed by atoms with Gasteiger partial charge in [-0.3, -0.25) is 9.59 Å². The van der Waals surface area contributed by atoms with Crippen LogP contribution in [0.5, 0.6) is 0 Å². The summed E-state index contributed by atoms with van der Waals surface area (Å²) in [5.41, 5.74) is 0.0823. The average molecular weight is 394 g/mol. The minimum atomic E-state index is -3.78. The second kappa shape index (κ2) is 7.16. The molecule has 1 heterocycles. The van der Waals surface area contributed by atoms with Crippen LogP contribution in [0.3, 0.4) is 0 Å². The summed E-state index contributed by atoms with van der Waals surface area (Å²) in [5, 5.41) is 11.6. The van der Waals surface area contributed by atoms with Gasteiger partial charge in [0.2, 0.25) is 5.09 Å². The third kappa shape index (κ3) is 4.04. The average Bonchev–Trinajstić information content (AvgIpc) is 2.97. The van der Waals surface area contributed by atoms with Crippen molar-refractivity contribution in [2.45, 2.75) is 31.3 Å². The number of sulfonamides is 1. The van der Waals surface area contributed by atoms with Crippen LogP contribution in [0.1, 0.15) is 35.5 Å².